The quantitative estimate of drug-likeness (QED) is 0.745. The first-order valence-electron chi connectivity index (χ1n) is 8.93. The lowest BCUT2D eigenvalue weighted by atomic mass is 9.76. The van der Waals surface area contributed by atoms with Gasteiger partial charge in [0.25, 0.3) is 10.2 Å². The van der Waals surface area contributed by atoms with Gasteiger partial charge in [-0.1, -0.05) is 60.7 Å². The first-order valence-corrected chi connectivity index (χ1v) is 10.4. The van der Waals surface area contributed by atoms with Crippen LogP contribution in [0.3, 0.4) is 0 Å². The van der Waals surface area contributed by atoms with Crippen LogP contribution in [0.25, 0.3) is 0 Å². The van der Waals surface area contributed by atoms with E-state index in [1.54, 1.807) is 7.05 Å². The third-order valence-electron chi connectivity index (χ3n) is 4.98. The van der Waals surface area contributed by atoms with Crippen molar-refractivity contribution in [3.05, 3.63) is 71.8 Å². The molecule has 0 amide bonds. The van der Waals surface area contributed by atoms with E-state index in [-0.39, 0.29) is 18.1 Å². The number of aliphatic hydroxyl groups is 1. The molecule has 26 heavy (non-hydrogen) atoms. The van der Waals surface area contributed by atoms with Gasteiger partial charge in [-0.15, -0.1) is 0 Å². The Morgan fingerprint density at radius 2 is 1.58 bits per heavy atom. The summed E-state index contributed by atoms with van der Waals surface area (Å²) in [7, 11) is -2.03. The number of hydrogen-bond acceptors (Lipinski definition) is 3. The SMILES string of the molecule is CN(Cc1ccccc1)S(=O)(=O)N[C@@H](Cc1ccccc1)C1CC(O)C1. The predicted molar refractivity (Wildman–Crippen MR) is 103 cm³/mol. The van der Waals surface area contributed by atoms with Gasteiger partial charge >= 0.3 is 0 Å². The van der Waals surface area contributed by atoms with Gasteiger partial charge in [-0.2, -0.15) is 17.4 Å². The van der Waals surface area contributed by atoms with Crippen molar-refractivity contribution in [2.45, 2.75) is 38.0 Å². The van der Waals surface area contributed by atoms with Crippen molar-refractivity contribution in [3.63, 3.8) is 0 Å². The Bertz CT molecular complexity index is 790. The van der Waals surface area contributed by atoms with E-state index in [0.29, 0.717) is 25.8 Å². The number of benzene rings is 2. The number of hydrogen-bond donors (Lipinski definition) is 2. The third-order valence-corrected chi connectivity index (χ3v) is 6.53. The molecule has 140 valence electrons. The summed E-state index contributed by atoms with van der Waals surface area (Å²) in [5.41, 5.74) is 2.03. The van der Waals surface area contributed by atoms with Crippen molar-refractivity contribution >= 4 is 10.2 Å². The van der Waals surface area contributed by atoms with Crippen LogP contribution < -0.4 is 4.72 Å². The molecule has 0 saturated heterocycles. The maximum absolute atomic E-state index is 12.8. The highest BCUT2D eigenvalue weighted by atomic mass is 32.2. The predicted octanol–water partition coefficient (Wildman–Crippen LogP) is 2.33. The fourth-order valence-electron chi connectivity index (χ4n) is 3.34. The topological polar surface area (TPSA) is 69.6 Å². The van der Waals surface area contributed by atoms with Gasteiger partial charge in [0.1, 0.15) is 0 Å². The molecule has 0 radical (unpaired) electrons. The zero-order valence-electron chi connectivity index (χ0n) is 15.0. The minimum Gasteiger partial charge on any atom is -0.393 e. The van der Waals surface area contributed by atoms with E-state index in [2.05, 4.69) is 4.72 Å². The van der Waals surface area contributed by atoms with Crippen LogP contribution in [0.15, 0.2) is 60.7 Å². The van der Waals surface area contributed by atoms with Crippen molar-refractivity contribution in [3.8, 4) is 0 Å². The van der Waals surface area contributed by atoms with Crippen LogP contribution >= 0.6 is 0 Å². The van der Waals surface area contributed by atoms with Crippen LogP contribution in [0.5, 0.6) is 0 Å². The molecule has 1 saturated carbocycles. The molecule has 1 atom stereocenters. The standard InChI is InChI=1S/C20H26N2O3S/c1-22(15-17-10-6-3-7-11-17)26(24,25)21-20(18-13-19(23)14-18)12-16-8-4-2-5-9-16/h2-11,18-21,23H,12-15H2,1H3/t18?,19?,20-/m0/s1. The molecule has 0 aromatic heterocycles. The Balaban J connectivity index is 1.70. The van der Waals surface area contributed by atoms with E-state index >= 15 is 0 Å². The lowest BCUT2D eigenvalue weighted by Crippen LogP contribution is -2.51. The maximum atomic E-state index is 12.8. The smallest absolute Gasteiger partial charge is 0.279 e. The fraction of sp³-hybridized carbons (Fsp3) is 0.400. The van der Waals surface area contributed by atoms with Crippen LogP contribution in [0.4, 0.5) is 0 Å². The van der Waals surface area contributed by atoms with Crippen molar-refractivity contribution in [2.75, 3.05) is 7.05 Å². The molecule has 1 fully saturated rings. The first kappa shape index (κ1) is 19.0. The van der Waals surface area contributed by atoms with Crippen LogP contribution in [0, 0.1) is 5.92 Å². The Hall–Kier alpha value is -1.73. The van der Waals surface area contributed by atoms with Gasteiger partial charge in [-0.05, 0) is 36.3 Å². The first-order chi connectivity index (χ1) is 12.4. The Kier molecular flexibility index (Phi) is 6.09. The molecule has 2 aromatic rings. The molecular formula is C20H26N2O3S. The molecule has 1 aliphatic rings. The zero-order valence-corrected chi connectivity index (χ0v) is 15.8. The Morgan fingerprint density at radius 3 is 2.12 bits per heavy atom. The highest BCUT2D eigenvalue weighted by molar-refractivity contribution is 7.87. The molecule has 0 unspecified atom stereocenters. The van der Waals surface area contributed by atoms with E-state index in [1.807, 2.05) is 60.7 Å². The molecule has 6 heteroatoms. The minimum absolute atomic E-state index is 0.158. The van der Waals surface area contributed by atoms with Gasteiger partial charge in [0.2, 0.25) is 0 Å². The largest absolute Gasteiger partial charge is 0.393 e. The lowest BCUT2D eigenvalue weighted by Gasteiger charge is -2.38. The van der Waals surface area contributed by atoms with Crippen LogP contribution in [-0.2, 0) is 23.2 Å². The van der Waals surface area contributed by atoms with Gasteiger partial charge in [-0.3, -0.25) is 0 Å². The second-order valence-electron chi connectivity index (χ2n) is 7.05. The molecule has 0 bridgehead atoms. The highest BCUT2D eigenvalue weighted by Gasteiger charge is 2.36. The van der Waals surface area contributed by atoms with E-state index in [0.717, 1.165) is 11.1 Å². The molecule has 2 N–H and O–H groups in total. The average Bonchev–Trinajstić information content (AvgIpc) is 2.60. The van der Waals surface area contributed by atoms with E-state index in [9.17, 15) is 13.5 Å². The zero-order chi connectivity index (χ0) is 18.6. The third kappa shape index (κ3) is 4.92. The summed E-state index contributed by atoms with van der Waals surface area (Å²) in [4.78, 5) is 0. The number of nitrogens with zero attached hydrogens (tertiary/aromatic N) is 1. The molecular weight excluding hydrogens is 348 g/mol. The molecule has 0 aliphatic heterocycles. The van der Waals surface area contributed by atoms with Gasteiger partial charge in [-0.25, -0.2) is 0 Å². The normalized spacial score (nSPS) is 21.3. The Morgan fingerprint density at radius 1 is 1.04 bits per heavy atom. The van der Waals surface area contributed by atoms with Crippen molar-refractivity contribution in [1.29, 1.82) is 0 Å². The van der Waals surface area contributed by atoms with E-state index in [1.165, 1.54) is 4.31 Å². The van der Waals surface area contributed by atoms with Gasteiger partial charge in [0, 0.05) is 19.6 Å². The van der Waals surface area contributed by atoms with Crippen LogP contribution in [-0.4, -0.2) is 37.0 Å². The van der Waals surface area contributed by atoms with Crippen LogP contribution in [0.1, 0.15) is 24.0 Å². The van der Waals surface area contributed by atoms with Crippen molar-refractivity contribution in [1.82, 2.24) is 9.03 Å². The molecule has 2 aromatic carbocycles. The number of rotatable bonds is 8. The summed E-state index contributed by atoms with van der Waals surface area (Å²) < 4.78 is 29.8. The highest BCUT2D eigenvalue weighted by Crippen LogP contribution is 2.32. The Labute approximate surface area is 155 Å². The van der Waals surface area contributed by atoms with Gasteiger partial charge in [0.05, 0.1) is 6.10 Å². The molecule has 0 heterocycles. The lowest BCUT2D eigenvalue weighted by molar-refractivity contribution is 0.0281. The second-order valence-corrected chi connectivity index (χ2v) is 8.86. The van der Waals surface area contributed by atoms with Crippen molar-refractivity contribution in [2.24, 2.45) is 5.92 Å². The summed E-state index contributed by atoms with van der Waals surface area (Å²) in [5, 5.41) is 9.65. The van der Waals surface area contributed by atoms with E-state index < -0.39 is 10.2 Å². The second kappa shape index (κ2) is 8.31. The average molecular weight is 375 g/mol. The summed E-state index contributed by atoms with van der Waals surface area (Å²) in [6.45, 7) is 0.321. The summed E-state index contributed by atoms with van der Waals surface area (Å²) in [6.07, 6.45) is 1.59. The van der Waals surface area contributed by atoms with Gasteiger partial charge < -0.3 is 5.11 Å². The minimum atomic E-state index is -3.61. The van der Waals surface area contributed by atoms with Gasteiger partial charge in [0.15, 0.2) is 0 Å². The summed E-state index contributed by atoms with van der Waals surface area (Å²) >= 11 is 0. The maximum Gasteiger partial charge on any atom is 0.279 e. The fourth-order valence-corrected chi connectivity index (χ4v) is 4.50. The molecule has 1 aliphatic carbocycles. The monoisotopic (exact) mass is 374 g/mol. The molecule has 5 nitrogen and oxygen atoms in total. The van der Waals surface area contributed by atoms with E-state index in [4.69, 9.17) is 0 Å². The summed E-state index contributed by atoms with van der Waals surface area (Å²) in [5.74, 6) is 0.158. The number of nitrogens with one attached hydrogen (secondary N) is 1. The van der Waals surface area contributed by atoms with Crippen LogP contribution in [0.2, 0.25) is 0 Å². The number of aliphatic hydroxyl groups excluding tert-OH is 1. The molecule has 3 rings (SSSR count). The van der Waals surface area contributed by atoms with Crippen molar-refractivity contribution < 1.29 is 13.5 Å². The summed E-state index contributed by atoms with van der Waals surface area (Å²) in [6, 6.07) is 19.2. The molecule has 0 spiro atoms.